The van der Waals surface area contributed by atoms with Crippen molar-refractivity contribution in [2.24, 2.45) is 9.98 Å². The Morgan fingerprint density at radius 3 is 1.37 bits per heavy atom. The summed E-state index contributed by atoms with van der Waals surface area (Å²) in [6.45, 7) is 0. The van der Waals surface area contributed by atoms with Crippen molar-refractivity contribution >= 4 is 65.0 Å². The number of nitrogens with zero attached hydrogens (tertiary/aromatic N) is 2. The smallest absolute Gasteiger partial charge is 0.0972 e. The zero-order chi connectivity index (χ0) is 36.1. The van der Waals surface area contributed by atoms with Gasteiger partial charge in [0.2, 0.25) is 0 Å². The Kier molecular flexibility index (Phi) is 9.87. The lowest BCUT2D eigenvalue weighted by atomic mass is 9.91. The molecule has 1 aliphatic heterocycles. The number of fused-ring (bicyclic) bond motifs is 2. The molecule has 2 aliphatic rings. The number of allylic oxidation sites excluding steroid dienone is 3. The van der Waals surface area contributed by atoms with Crippen LogP contribution >= 0.6 is 15.8 Å². The average Bonchev–Trinajstić information content (AvgIpc) is 3.24. The van der Waals surface area contributed by atoms with Gasteiger partial charge < -0.3 is 0 Å². The topological polar surface area (TPSA) is 24.7 Å². The summed E-state index contributed by atoms with van der Waals surface area (Å²) in [6.07, 6.45) is 5.54. The quantitative estimate of drug-likeness (QED) is 0.139. The molecule has 0 bridgehead atoms. The maximum atomic E-state index is 5.75. The van der Waals surface area contributed by atoms with Gasteiger partial charge >= 0.3 is 0 Å². The molecule has 1 heterocycles. The minimum absolute atomic E-state index is 0.155. The van der Waals surface area contributed by atoms with Crippen LogP contribution in [0.4, 0.5) is 5.69 Å². The van der Waals surface area contributed by atoms with Crippen LogP contribution in [0.1, 0.15) is 23.1 Å². The molecule has 0 amide bonds. The molecule has 0 N–H and O–H groups in total. The van der Waals surface area contributed by atoms with Gasteiger partial charge in [-0.15, -0.1) is 0 Å². The molecule has 0 unspecified atom stereocenters. The maximum Gasteiger partial charge on any atom is 0.0972 e. The Balaban J connectivity index is 1.40. The molecular formula is C50H38N2P2. The molecule has 0 saturated heterocycles. The van der Waals surface area contributed by atoms with Gasteiger partial charge in [-0.3, -0.25) is 0 Å². The lowest BCUT2D eigenvalue weighted by molar-refractivity contribution is 1.04. The van der Waals surface area contributed by atoms with Crippen LogP contribution in [0.25, 0.3) is 5.57 Å². The standard InChI is InChI=1S/C50H38N2P2/c1-7-21-37(22-8-1)49-50(38-23-9-2-10-24-38)52-44-34-20-36-46(54(41-29-15-5-16-30-41)42-31-17-6-18-32-42)48(44)47-43(51-49)33-19-35-45(47)53(39-25-11-3-12-26-39)40-27-13-4-14-28-40/h1-35,46H,36H2/t46-/m1/s1. The first-order valence-corrected chi connectivity index (χ1v) is 21.2. The van der Waals surface area contributed by atoms with Crippen LogP contribution in [0.3, 0.4) is 0 Å². The Bertz CT molecular complexity index is 2420. The number of hydrogen-bond donors (Lipinski definition) is 0. The molecule has 0 fully saturated rings. The summed E-state index contributed by atoms with van der Waals surface area (Å²) in [5, 5.41) is 6.65. The summed E-state index contributed by atoms with van der Waals surface area (Å²) in [7, 11) is -1.79. The third kappa shape index (κ3) is 6.76. The van der Waals surface area contributed by atoms with Gasteiger partial charge in [-0.1, -0.05) is 200 Å². The predicted octanol–water partition coefficient (Wildman–Crippen LogP) is 10.2. The van der Waals surface area contributed by atoms with Crippen molar-refractivity contribution < 1.29 is 0 Å². The second kappa shape index (κ2) is 15.7. The number of hydrogen-bond acceptors (Lipinski definition) is 2. The fourth-order valence-electron chi connectivity index (χ4n) is 7.61. The second-order valence-corrected chi connectivity index (χ2v) is 17.9. The SMILES string of the molecule is C1=CC2=C(c3c(cccc3P(c3ccccc3)c3ccccc3)N=C(c3ccccc3)C(c3ccccc3)=N2)[C@H](P(c2ccccc2)c2ccccc2)C1. The Morgan fingerprint density at radius 2 is 0.870 bits per heavy atom. The van der Waals surface area contributed by atoms with E-state index in [2.05, 4.69) is 212 Å². The van der Waals surface area contributed by atoms with Gasteiger partial charge in [0.05, 0.1) is 22.8 Å². The zero-order valence-electron chi connectivity index (χ0n) is 29.8. The van der Waals surface area contributed by atoms with Crippen LogP contribution in [0.2, 0.25) is 0 Å². The van der Waals surface area contributed by atoms with E-state index in [-0.39, 0.29) is 5.66 Å². The van der Waals surface area contributed by atoms with E-state index in [9.17, 15) is 0 Å². The van der Waals surface area contributed by atoms with Crippen molar-refractivity contribution in [2.45, 2.75) is 12.1 Å². The fraction of sp³-hybridized carbons (Fsp3) is 0.0400. The van der Waals surface area contributed by atoms with Crippen LogP contribution in [0.15, 0.2) is 228 Å². The van der Waals surface area contributed by atoms with E-state index in [0.717, 1.165) is 40.4 Å². The minimum Gasteiger partial charge on any atom is -0.246 e. The van der Waals surface area contributed by atoms with Gasteiger partial charge in [0, 0.05) is 22.3 Å². The highest BCUT2D eigenvalue weighted by Crippen LogP contribution is 2.53. The van der Waals surface area contributed by atoms with Crippen LogP contribution in [0, 0.1) is 0 Å². The Hall–Kier alpha value is -5.78. The van der Waals surface area contributed by atoms with Crippen molar-refractivity contribution in [3.63, 3.8) is 0 Å². The Labute approximate surface area is 320 Å². The third-order valence-electron chi connectivity index (χ3n) is 9.97. The molecule has 54 heavy (non-hydrogen) atoms. The minimum atomic E-state index is -0.953. The summed E-state index contributed by atoms with van der Waals surface area (Å²) in [5.74, 6) is 0. The largest absolute Gasteiger partial charge is 0.246 e. The summed E-state index contributed by atoms with van der Waals surface area (Å²) < 4.78 is 0. The molecule has 7 aromatic carbocycles. The monoisotopic (exact) mass is 728 g/mol. The molecule has 0 saturated carbocycles. The van der Waals surface area contributed by atoms with Gasteiger partial charge in [-0.2, -0.15) is 0 Å². The molecule has 258 valence electrons. The molecular weight excluding hydrogens is 691 g/mol. The molecule has 1 atom stereocenters. The van der Waals surface area contributed by atoms with E-state index in [0.29, 0.717) is 0 Å². The van der Waals surface area contributed by atoms with Crippen LogP contribution in [-0.4, -0.2) is 17.1 Å². The van der Waals surface area contributed by atoms with Gasteiger partial charge in [0.25, 0.3) is 0 Å². The first kappa shape index (κ1) is 34.0. The molecule has 0 radical (unpaired) electrons. The van der Waals surface area contributed by atoms with E-state index < -0.39 is 15.8 Å². The van der Waals surface area contributed by atoms with E-state index in [1.54, 1.807) is 0 Å². The molecule has 0 spiro atoms. The second-order valence-electron chi connectivity index (χ2n) is 13.3. The summed E-state index contributed by atoms with van der Waals surface area (Å²) >= 11 is 0. The van der Waals surface area contributed by atoms with Crippen LogP contribution in [-0.2, 0) is 0 Å². The van der Waals surface area contributed by atoms with Gasteiger partial charge in [-0.05, 0) is 66.5 Å². The lowest BCUT2D eigenvalue weighted by Gasteiger charge is -2.36. The summed E-state index contributed by atoms with van der Waals surface area (Å²) in [5.41, 5.74) is 8.49. The van der Waals surface area contributed by atoms with Crippen molar-refractivity contribution in [2.75, 3.05) is 0 Å². The van der Waals surface area contributed by atoms with Crippen molar-refractivity contribution in [3.05, 3.63) is 235 Å². The highest BCUT2D eigenvalue weighted by Gasteiger charge is 2.36. The summed E-state index contributed by atoms with van der Waals surface area (Å²) in [4.78, 5) is 11.5. The lowest BCUT2D eigenvalue weighted by Crippen LogP contribution is -2.30. The van der Waals surface area contributed by atoms with Crippen molar-refractivity contribution in [3.8, 4) is 0 Å². The number of rotatable bonds is 8. The van der Waals surface area contributed by atoms with Gasteiger partial charge in [0.1, 0.15) is 0 Å². The number of aliphatic imine (C=N–C) groups is 2. The molecule has 7 aromatic rings. The van der Waals surface area contributed by atoms with Crippen molar-refractivity contribution in [1.82, 2.24) is 0 Å². The van der Waals surface area contributed by atoms with Crippen LogP contribution in [0.5, 0.6) is 0 Å². The highest BCUT2D eigenvalue weighted by atomic mass is 31.1. The van der Waals surface area contributed by atoms with Crippen molar-refractivity contribution in [1.29, 1.82) is 0 Å². The molecule has 9 rings (SSSR count). The van der Waals surface area contributed by atoms with E-state index in [1.807, 2.05) is 0 Å². The predicted molar refractivity (Wildman–Crippen MR) is 234 cm³/mol. The highest BCUT2D eigenvalue weighted by molar-refractivity contribution is 7.80. The normalized spacial score (nSPS) is 15.2. The van der Waals surface area contributed by atoms with E-state index in [1.165, 1.54) is 37.7 Å². The first-order valence-electron chi connectivity index (χ1n) is 18.5. The summed E-state index contributed by atoms with van der Waals surface area (Å²) in [6, 6.07) is 72.3. The van der Waals surface area contributed by atoms with Gasteiger partial charge in [-0.25, -0.2) is 9.98 Å². The number of benzene rings is 7. The average molecular weight is 729 g/mol. The molecule has 0 aromatic heterocycles. The zero-order valence-corrected chi connectivity index (χ0v) is 31.6. The van der Waals surface area contributed by atoms with Gasteiger partial charge in [0.15, 0.2) is 0 Å². The molecule has 4 heteroatoms. The van der Waals surface area contributed by atoms with E-state index in [4.69, 9.17) is 9.98 Å². The third-order valence-corrected chi connectivity index (χ3v) is 15.3. The molecule has 2 nitrogen and oxygen atoms in total. The fourth-order valence-corrected chi connectivity index (χ4v) is 13.0. The maximum absolute atomic E-state index is 5.75. The van der Waals surface area contributed by atoms with Crippen LogP contribution < -0.4 is 26.5 Å². The molecule has 1 aliphatic carbocycles. The first-order chi connectivity index (χ1) is 26.8. The Morgan fingerprint density at radius 1 is 0.426 bits per heavy atom. The van der Waals surface area contributed by atoms with E-state index >= 15 is 0 Å².